The Labute approximate surface area is 196 Å². The maximum absolute atomic E-state index is 6.61. The lowest BCUT2D eigenvalue weighted by Gasteiger charge is -2.26. The van der Waals surface area contributed by atoms with E-state index >= 15 is 0 Å². The second kappa shape index (κ2) is 9.46. The molecule has 0 spiro atoms. The fourth-order valence-electron chi connectivity index (χ4n) is 3.98. The van der Waals surface area contributed by atoms with Gasteiger partial charge in [0.15, 0.2) is 5.65 Å². The van der Waals surface area contributed by atoms with Gasteiger partial charge in [-0.2, -0.15) is 0 Å². The van der Waals surface area contributed by atoms with E-state index < -0.39 is 0 Å². The van der Waals surface area contributed by atoms with Crippen LogP contribution in [0.2, 0.25) is 10.0 Å². The minimum atomic E-state index is 0.613. The summed E-state index contributed by atoms with van der Waals surface area (Å²) in [6.07, 6.45) is 2.08. The normalized spacial score (nSPS) is 14.2. The summed E-state index contributed by atoms with van der Waals surface area (Å²) in [4.78, 5) is 2.20. The molecule has 0 radical (unpaired) electrons. The van der Waals surface area contributed by atoms with Crippen LogP contribution in [0.1, 0.15) is 11.1 Å². The van der Waals surface area contributed by atoms with Crippen LogP contribution in [0.5, 0.6) is 0 Å². The zero-order valence-corrected chi connectivity index (χ0v) is 19.0. The number of nitrogens with zero attached hydrogens (tertiary/aromatic N) is 4. The standard InChI is InChI=1S/C24H23Cl2N5O/c25-19-6-7-20(22(26)13-19)21-16-31-23(28-29-24(31)30-8-10-32-11-9-30)12-18(21)15-27-14-17-4-2-1-3-5-17/h1-7,12-13,16,27H,8-11,14-15H2. The Hall–Kier alpha value is -2.64. The Balaban J connectivity index is 1.53. The molecule has 164 valence electrons. The molecule has 3 heterocycles. The Morgan fingerprint density at radius 2 is 1.72 bits per heavy atom. The van der Waals surface area contributed by atoms with Crippen molar-refractivity contribution in [2.45, 2.75) is 13.1 Å². The Morgan fingerprint density at radius 3 is 2.50 bits per heavy atom. The first-order valence-corrected chi connectivity index (χ1v) is 11.3. The van der Waals surface area contributed by atoms with E-state index in [0.29, 0.717) is 29.8 Å². The Kier molecular flexibility index (Phi) is 6.28. The van der Waals surface area contributed by atoms with Gasteiger partial charge in [0.2, 0.25) is 5.95 Å². The number of pyridine rings is 1. The van der Waals surface area contributed by atoms with Crippen LogP contribution in [-0.2, 0) is 17.8 Å². The molecule has 8 heteroatoms. The minimum absolute atomic E-state index is 0.613. The molecule has 0 aliphatic carbocycles. The van der Waals surface area contributed by atoms with Gasteiger partial charge in [0.25, 0.3) is 0 Å². The van der Waals surface area contributed by atoms with E-state index in [9.17, 15) is 0 Å². The van der Waals surface area contributed by atoms with Crippen molar-refractivity contribution in [2.75, 3.05) is 31.2 Å². The predicted octanol–water partition coefficient (Wildman–Crippen LogP) is 4.83. The molecule has 1 aliphatic rings. The van der Waals surface area contributed by atoms with E-state index in [1.807, 2.05) is 34.7 Å². The third-order valence-electron chi connectivity index (χ3n) is 5.61. The Morgan fingerprint density at radius 1 is 0.906 bits per heavy atom. The number of rotatable bonds is 6. The van der Waals surface area contributed by atoms with Crippen LogP contribution in [0.15, 0.2) is 60.8 Å². The highest BCUT2D eigenvalue weighted by Crippen LogP contribution is 2.34. The molecule has 2 aromatic carbocycles. The highest BCUT2D eigenvalue weighted by molar-refractivity contribution is 6.36. The topological polar surface area (TPSA) is 54.7 Å². The molecule has 0 saturated carbocycles. The second-order valence-electron chi connectivity index (χ2n) is 7.75. The van der Waals surface area contributed by atoms with Crippen molar-refractivity contribution in [1.29, 1.82) is 0 Å². The van der Waals surface area contributed by atoms with Gasteiger partial charge in [-0.25, -0.2) is 0 Å². The molecule has 1 fully saturated rings. The van der Waals surface area contributed by atoms with Crippen molar-refractivity contribution in [3.8, 4) is 11.1 Å². The quantitative estimate of drug-likeness (QED) is 0.440. The number of hydrogen-bond donors (Lipinski definition) is 1. The molecule has 5 rings (SSSR count). The van der Waals surface area contributed by atoms with Gasteiger partial charge in [-0.3, -0.25) is 4.40 Å². The summed E-state index contributed by atoms with van der Waals surface area (Å²) in [7, 11) is 0. The van der Waals surface area contributed by atoms with Crippen LogP contribution in [0.25, 0.3) is 16.8 Å². The lowest BCUT2D eigenvalue weighted by atomic mass is 10.0. The number of aromatic nitrogens is 3. The minimum Gasteiger partial charge on any atom is -0.378 e. The number of benzene rings is 2. The zero-order chi connectivity index (χ0) is 21.9. The average molecular weight is 468 g/mol. The molecular weight excluding hydrogens is 445 g/mol. The molecule has 0 bridgehead atoms. The van der Waals surface area contributed by atoms with E-state index in [4.69, 9.17) is 27.9 Å². The first-order chi connectivity index (χ1) is 15.7. The molecule has 32 heavy (non-hydrogen) atoms. The van der Waals surface area contributed by atoms with Crippen LogP contribution in [0, 0.1) is 0 Å². The monoisotopic (exact) mass is 467 g/mol. The SMILES string of the molecule is Clc1ccc(-c2cn3c(N4CCOCC4)nnc3cc2CNCc2ccccc2)c(Cl)c1. The van der Waals surface area contributed by atoms with Crippen molar-refractivity contribution < 1.29 is 4.74 Å². The number of nitrogens with one attached hydrogen (secondary N) is 1. The summed E-state index contributed by atoms with van der Waals surface area (Å²) in [5, 5.41) is 13.7. The molecule has 0 atom stereocenters. The van der Waals surface area contributed by atoms with Gasteiger partial charge in [0, 0.05) is 53.5 Å². The van der Waals surface area contributed by atoms with Crippen LogP contribution in [-0.4, -0.2) is 40.9 Å². The number of anilines is 1. The highest BCUT2D eigenvalue weighted by Gasteiger charge is 2.19. The number of morpholine rings is 1. The molecule has 6 nitrogen and oxygen atoms in total. The fourth-order valence-corrected chi connectivity index (χ4v) is 4.49. The molecule has 0 amide bonds. The third-order valence-corrected chi connectivity index (χ3v) is 6.16. The number of hydrogen-bond acceptors (Lipinski definition) is 5. The van der Waals surface area contributed by atoms with E-state index in [1.54, 1.807) is 6.07 Å². The summed E-state index contributed by atoms with van der Waals surface area (Å²) in [5.74, 6) is 0.818. The van der Waals surface area contributed by atoms with Crippen LogP contribution in [0.3, 0.4) is 0 Å². The first-order valence-electron chi connectivity index (χ1n) is 10.6. The molecule has 0 unspecified atom stereocenters. The van der Waals surface area contributed by atoms with Gasteiger partial charge >= 0.3 is 0 Å². The summed E-state index contributed by atoms with van der Waals surface area (Å²) < 4.78 is 7.53. The van der Waals surface area contributed by atoms with E-state index in [2.05, 4.69) is 44.8 Å². The van der Waals surface area contributed by atoms with Crippen LogP contribution < -0.4 is 10.2 Å². The van der Waals surface area contributed by atoms with Crippen molar-refractivity contribution >= 4 is 34.8 Å². The van der Waals surface area contributed by atoms with Crippen LogP contribution in [0.4, 0.5) is 5.95 Å². The molecule has 1 aliphatic heterocycles. The van der Waals surface area contributed by atoms with E-state index in [-0.39, 0.29) is 0 Å². The smallest absolute Gasteiger partial charge is 0.231 e. The van der Waals surface area contributed by atoms with Gasteiger partial charge in [-0.1, -0.05) is 59.6 Å². The molecular formula is C24H23Cl2N5O. The zero-order valence-electron chi connectivity index (χ0n) is 17.5. The van der Waals surface area contributed by atoms with Gasteiger partial charge in [-0.05, 0) is 29.3 Å². The summed E-state index contributed by atoms with van der Waals surface area (Å²) >= 11 is 12.8. The van der Waals surface area contributed by atoms with Crippen molar-refractivity contribution in [3.05, 3.63) is 82.0 Å². The van der Waals surface area contributed by atoms with Crippen LogP contribution >= 0.6 is 23.2 Å². The average Bonchev–Trinajstić information content (AvgIpc) is 3.23. The largest absolute Gasteiger partial charge is 0.378 e. The lowest BCUT2D eigenvalue weighted by molar-refractivity contribution is 0.122. The third kappa shape index (κ3) is 4.45. The Bertz CT molecular complexity index is 1220. The van der Waals surface area contributed by atoms with Gasteiger partial charge in [0.1, 0.15) is 0 Å². The fraction of sp³-hybridized carbons (Fsp3) is 0.250. The van der Waals surface area contributed by atoms with Gasteiger partial charge in [-0.15, -0.1) is 10.2 Å². The maximum Gasteiger partial charge on any atom is 0.231 e. The second-order valence-corrected chi connectivity index (χ2v) is 8.60. The van der Waals surface area contributed by atoms with Crippen molar-refractivity contribution in [1.82, 2.24) is 19.9 Å². The number of halogens is 2. The number of fused-ring (bicyclic) bond motifs is 1. The molecule has 1 saturated heterocycles. The van der Waals surface area contributed by atoms with Crippen molar-refractivity contribution in [3.63, 3.8) is 0 Å². The lowest BCUT2D eigenvalue weighted by Crippen LogP contribution is -2.37. The van der Waals surface area contributed by atoms with E-state index in [0.717, 1.165) is 47.9 Å². The molecule has 4 aromatic rings. The summed E-state index contributed by atoms with van der Waals surface area (Å²) in [6.45, 7) is 4.39. The van der Waals surface area contributed by atoms with E-state index in [1.165, 1.54) is 5.56 Å². The summed E-state index contributed by atoms with van der Waals surface area (Å²) in [6, 6.07) is 18.0. The number of ether oxygens (including phenoxy) is 1. The predicted molar refractivity (Wildman–Crippen MR) is 128 cm³/mol. The maximum atomic E-state index is 6.61. The van der Waals surface area contributed by atoms with Gasteiger partial charge in [0.05, 0.1) is 13.2 Å². The molecule has 2 aromatic heterocycles. The van der Waals surface area contributed by atoms with Gasteiger partial charge < -0.3 is 15.0 Å². The highest BCUT2D eigenvalue weighted by atomic mass is 35.5. The molecule has 1 N–H and O–H groups in total. The van der Waals surface area contributed by atoms with Crippen molar-refractivity contribution in [2.24, 2.45) is 0 Å². The first kappa shape index (κ1) is 21.2. The summed E-state index contributed by atoms with van der Waals surface area (Å²) in [5.41, 5.74) is 5.08.